The number of piperazine rings is 1. The van der Waals surface area contributed by atoms with Crippen LogP contribution in [0, 0.1) is 35.5 Å². The Hall–Kier alpha value is -6.03. The number of aromatic nitrogens is 2. The van der Waals surface area contributed by atoms with Gasteiger partial charge in [0.2, 0.25) is 23.5 Å². The third-order valence-corrected chi connectivity index (χ3v) is 19.6. The van der Waals surface area contributed by atoms with Crippen molar-refractivity contribution in [2.75, 3.05) is 91.9 Å². The van der Waals surface area contributed by atoms with Crippen molar-refractivity contribution in [3.63, 3.8) is 0 Å². The molecule has 538 valence electrons. The van der Waals surface area contributed by atoms with Crippen molar-refractivity contribution in [1.82, 2.24) is 30.4 Å². The van der Waals surface area contributed by atoms with Crippen LogP contribution in [-0.4, -0.2) is 224 Å². The van der Waals surface area contributed by atoms with Gasteiger partial charge in [0.15, 0.2) is 5.78 Å². The van der Waals surface area contributed by atoms with Gasteiger partial charge < -0.3 is 78.5 Å². The number of anilines is 1. The first kappa shape index (κ1) is 79.0. The van der Waals surface area contributed by atoms with Gasteiger partial charge in [-0.25, -0.2) is 19.6 Å². The maximum atomic E-state index is 14.7. The van der Waals surface area contributed by atoms with Gasteiger partial charge in [-0.3, -0.25) is 24.0 Å². The Kier molecular flexibility index (Phi) is 32.5. The van der Waals surface area contributed by atoms with Crippen LogP contribution in [0.5, 0.6) is 0 Å². The summed E-state index contributed by atoms with van der Waals surface area (Å²) in [7, 11) is 4.50. The van der Waals surface area contributed by atoms with Gasteiger partial charge in [-0.15, -0.1) is 0 Å². The summed E-state index contributed by atoms with van der Waals surface area (Å²) < 4.78 is 46.9. The number of cyclic esters (lactones) is 1. The van der Waals surface area contributed by atoms with Crippen LogP contribution in [0.15, 0.2) is 60.0 Å². The van der Waals surface area contributed by atoms with Crippen molar-refractivity contribution in [1.29, 1.82) is 0 Å². The Labute approximate surface area is 567 Å². The number of ketones is 2. The smallest absolute Gasteiger partial charge is 0.407 e. The molecule has 25 heteroatoms. The molecule has 4 fully saturated rings. The number of alkyl carbamates (subject to hydrolysis) is 1. The summed E-state index contributed by atoms with van der Waals surface area (Å²) in [5, 5.41) is 41.4. The van der Waals surface area contributed by atoms with Crippen molar-refractivity contribution >= 4 is 47.3 Å². The normalized spacial score (nSPS) is 32.7. The number of amides is 4. The molecule has 5 heterocycles. The molecule has 0 spiro atoms. The molecule has 2 bridgehead atoms. The van der Waals surface area contributed by atoms with Gasteiger partial charge in [-0.2, -0.15) is 0 Å². The van der Waals surface area contributed by atoms with Gasteiger partial charge >= 0.3 is 12.1 Å². The minimum Gasteiger partial charge on any atom is -0.460 e. The molecule has 4 aliphatic heterocycles. The molecular weight excluding hydrogens is 1240 g/mol. The number of rotatable bonds is 20. The predicted octanol–water partition coefficient (Wildman–Crippen LogP) is 6.29. The second kappa shape index (κ2) is 39.5. The Morgan fingerprint density at radius 2 is 1.51 bits per heavy atom. The number of fused-ring (bicyclic) bond motifs is 3. The van der Waals surface area contributed by atoms with Crippen molar-refractivity contribution < 1.29 is 86.8 Å². The van der Waals surface area contributed by atoms with E-state index >= 15 is 0 Å². The van der Waals surface area contributed by atoms with Gasteiger partial charge in [-0.1, -0.05) is 71.1 Å². The first-order valence-electron chi connectivity index (χ1n) is 34.8. The Morgan fingerprint density at radius 3 is 2.21 bits per heavy atom. The number of aliphatic hydroxyl groups excluding tert-OH is 2. The van der Waals surface area contributed by atoms with Crippen LogP contribution in [0.25, 0.3) is 0 Å². The molecule has 3 saturated heterocycles. The Morgan fingerprint density at radius 1 is 0.781 bits per heavy atom. The van der Waals surface area contributed by atoms with Crippen molar-refractivity contribution in [3.8, 4) is 0 Å². The molecule has 2 unspecified atom stereocenters. The van der Waals surface area contributed by atoms with Crippen LogP contribution in [-0.2, 0) is 73.2 Å². The molecule has 0 aromatic carbocycles. The number of esters is 1. The number of hydrogen-bond donors (Lipinski definition) is 5. The molecule has 0 radical (unpaired) electrons. The van der Waals surface area contributed by atoms with Crippen LogP contribution in [0.3, 0.4) is 0 Å². The second-order valence-corrected chi connectivity index (χ2v) is 26.9. The minimum absolute atomic E-state index is 0.00560. The summed E-state index contributed by atoms with van der Waals surface area (Å²) in [6, 6.07) is -1.18. The molecule has 1 aromatic heterocycles. The number of carbonyl (C=O) groups is 7. The molecule has 1 aliphatic carbocycles. The zero-order chi connectivity index (χ0) is 70.1. The fourth-order valence-corrected chi connectivity index (χ4v) is 13.6. The van der Waals surface area contributed by atoms with Gasteiger partial charge in [0.25, 0.3) is 11.7 Å². The van der Waals surface area contributed by atoms with Crippen molar-refractivity contribution in [2.24, 2.45) is 35.5 Å². The molecule has 25 nitrogen and oxygen atoms in total. The summed E-state index contributed by atoms with van der Waals surface area (Å²) >= 11 is 0. The lowest BCUT2D eigenvalue weighted by Crippen LogP contribution is -2.61. The standard InChI is InChI=1S/C71H111N7O18/c1-12-92-34-26-62(81)76-29-31-77(32-30-76)69-74-43-53(44-75-69)42-73-61(80)25-33-93-35-27-72-70(87)95-57-24-22-52(39-60(57)90-10)38-48(5)59-41-56(79)47(4)37-50(7)64(83)65(91-11)63(82)49(6)36-45(2)18-14-13-15-19-46(3)58(89-9)40-54-23-21-51(8)71(88,96-54)66(84)67(85)78-28-17-16-20-55(78)68(86)94-59/h13-15,18-19,37,43-45,47-49,51-52,54-60,64-65,79,83,88H,12,16-17,20-36,38-42H2,1-11H3,(H,72,87)(H,73,80)/b15-13+,18-14+,46-19+,50-37+/t45-,47?,48-,49-,51-,52+,54+,55+,56-,57?,58+,59+,60-,64-,65+,71-/m1/s1. The molecule has 5 N–H and O–H groups in total. The summed E-state index contributed by atoms with van der Waals surface area (Å²) in [4.78, 5) is 110. The summed E-state index contributed by atoms with van der Waals surface area (Å²) in [6.07, 6.45) is 12.6. The number of aliphatic hydroxyl groups is 3. The highest BCUT2D eigenvalue weighted by atomic mass is 16.6. The second-order valence-electron chi connectivity index (χ2n) is 26.9. The van der Waals surface area contributed by atoms with Crippen molar-refractivity contribution in [2.45, 2.75) is 212 Å². The highest BCUT2D eigenvalue weighted by Gasteiger charge is 2.53. The number of ether oxygens (including phenoxy) is 8. The fourth-order valence-electron chi connectivity index (χ4n) is 13.6. The summed E-state index contributed by atoms with van der Waals surface area (Å²) in [6.45, 7) is 18.7. The van der Waals surface area contributed by atoms with E-state index in [1.54, 1.807) is 53.5 Å². The highest BCUT2D eigenvalue weighted by molar-refractivity contribution is 6.39. The Balaban J connectivity index is 1.05. The number of hydrogen-bond acceptors (Lipinski definition) is 21. The van der Waals surface area contributed by atoms with Crippen LogP contribution in [0.1, 0.15) is 151 Å². The largest absolute Gasteiger partial charge is 0.460 e. The lowest BCUT2D eigenvalue weighted by molar-refractivity contribution is -0.265. The molecule has 4 amide bonds. The van der Waals surface area contributed by atoms with Crippen LogP contribution < -0.4 is 15.5 Å². The predicted molar refractivity (Wildman–Crippen MR) is 358 cm³/mol. The zero-order valence-electron chi connectivity index (χ0n) is 58.7. The van der Waals surface area contributed by atoms with E-state index in [4.69, 9.17) is 37.9 Å². The molecule has 16 atom stereocenters. The van der Waals surface area contributed by atoms with E-state index in [1.165, 1.54) is 12.0 Å². The summed E-state index contributed by atoms with van der Waals surface area (Å²) in [5.74, 6) is -7.54. The lowest BCUT2D eigenvalue weighted by atomic mass is 9.78. The first-order chi connectivity index (χ1) is 45.9. The average molecular weight is 1350 g/mol. The lowest BCUT2D eigenvalue weighted by Gasteiger charge is -2.43. The van der Waals surface area contributed by atoms with E-state index < -0.39 is 108 Å². The third kappa shape index (κ3) is 23.3. The number of carbonyl (C=O) groups excluding carboxylic acids is 7. The van der Waals surface area contributed by atoms with E-state index in [0.29, 0.717) is 122 Å². The molecular formula is C71H111N7O18. The highest BCUT2D eigenvalue weighted by Crippen LogP contribution is 2.38. The zero-order valence-corrected chi connectivity index (χ0v) is 58.7. The monoisotopic (exact) mass is 1350 g/mol. The molecule has 1 aromatic rings. The number of Topliss-reactive ketones (excluding diaryl/α,β-unsaturated/α-hetero) is 2. The van der Waals surface area contributed by atoms with E-state index in [1.807, 2.05) is 74.8 Å². The van der Waals surface area contributed by atoms with Gasteiger partial charge in [0.05, 0.1) is 50.7 Å². The van der Waals surface area contributed by atoms with E-state index in [0.717, 1.165) is 11.1 Å². The fraction of sp³-hybridized carbons (Fsp3) is 0.732. The quantitative estimate of drug-likeness (QED) is 0.0414. The number of allylic oxidation sites excluding steroid dienone is 5. The van der Waals surface area contributed by atoms with Crippen LogP contribution in [0.4, 0.5) is 10.7 Å². The van der Waals surface area contributed by atoms with Crippen molar-refractivity contribution in [3.05, 3.63) is 65.6 Å². The topological polar surface area (TPSA) is 314 Å². The number of methoxy groups -OCH3 is 3. The SMILES string of the molecule is CCOCCC(=O)N1CCN(c2ncc(CNC(=O)CCOCCNC(=O)OC3CC[C@@H](C[C@@H](C)[C@@H]4C[C@@H](O)C(C)/C=C(\C)[C@@H](O)[C@@H](OC)C(=O)[C@H](C)C[C@H](C)/C=C/C=C/C=C(\C)[C@@H](OC)C[C@@H]5CC[C@@H](C)[C@@](O)(O5)C(=O)C(=O)N5CCCC[C@H]5C(=O)O4)C[C@H]3OC)cn2)CC1. The third-order valence-electron chi connectivity index (χ3n) is 19.6. The molecule has 6 rings (SSSR count). The number of nitrogens with zero attached hydrogens (tertiary/aromatic N) is 5. The maximum Gasteiger partial charge on any atom is 0.407 e. The van der Waals surface area contributed by atoms with Crippen LogP contribution >= 0.6 is 0 Å². The van der Waals surface area contributed by atoms with E-state index in [-0.39, 0.29) is 81.5 Å². The average Bonchev–Trinajstić information content (AvgIpc) is 0.784. The van der Waals surface area contributed by atoms with E-state index in [9.17, 15) is 48.9 Å². The molecule has 1 saturated carbocycles. The van der Waals surface area contributed by atoms with E-state index in [2.05, 4.69) is 20.6 Å². The minimum atomic E-state index is -2.47. The van der Waals surface area contributed by atoms with Gasteiger partial charge in [0.1, 0.15) is 30.5 Å². The Bertz CT molecular complexity index is 2790. The molecule has 5 aliphatic rings. The molecule has 96 heavy (non-hydrogen) atoms. The van der Waals surface area contributed by atoms with Gasteiger partial charge in [0, 0.05) is 129 Å². The van der Waals surface area contributed by atoms with Gasteiger partial charge in [-0.05, 0) is 114 Å². The number of nitrogens with one attached hydrogen (secondary N) is 2. The number of piperidine rings is 1. The summed E-state index contributed by atoms with van der Waals surface area (Å²) in [5.41, 5.74) is 2.00. The van der Waals surface area contributed by atoms with Crippen LogP contribution in [0.2, 0.25) is 0 Å². The first-order valence-corrected chi connectivity index (χ1v) is 34.8. The maximum absolute atomic E-state index is 14.7.